The number of halogens is 3. The first-order chi connectivity index (χ1) is 15.8. The lowest BCUT2D eigenvalue weighted by atomic mass is 9.99. The molecule has 33 heavy (non-hydrogen) atoms. The van der Waals surface area contributed by atoms with Crippen molar-refractivity contribution in [3.05, 3.63) is 70.3 Å². The highest BCUT2D eigenvalue weighted by Crippen LogP contribution is 2.44. The SMILES string of the molecule is N#Cc1c(-c2c(-c3ccc4c(=O)[nH]nc(CN)c4c3)cnn2C(F)(F)F)sc2ccccc12. The number of nitriles is 1. The van der Waals surface area contributed by atoms with Gasteiger partial charge in [-0.1, -0.05) is 24.3 Å². The Kier molecular flexibility index (Phi) is 4.77. The first-order valence-electron chi connectivity index (χ1n) is 9.62. The average molecular weight is 466 g/mol. The molecule has 7 nitrogen and oxygen atoms in total. The fraction of sp³-hybridized carbons (Fsp3) is 0.0909. The number of nitrogens with zero attached hydrogens (tertiary/aromatic N) is 4. The highest BCUT2D eigenvalue weighted by Gasteiger charge is 2.37. The third-order valence-electron chi connectivity index (χ3n) is 5.30. The second-order valence-electron chi connectivity index (χ2n) is 7.16. The van der Waals surface area contributed by atoms with Crippen LogP contribution in [0.15, 0.2) is 53.5 Å². The summed E-state index contributed by atoms with van der Waals surface area (Å²) in [5, 5.41) is 21.0. The van der Waals surface area contributed by atoms with Gasteiger partial charge >= 0.3 is 6.30 Å². The molecule has 3 N–H and O–H groups in total. The van der Waals surface area contributed by atoms with Crippen molar-refractivity contribution in [2.45, 2.75) is 12.8 Å². The van der Waals surface area contributed by atoms with Crippen molar-refractivity contribution < 1.29 is 13.2 Å². The predicted molar refractivity (Wildman–Crippen MR) is 118 cm³/mol. The molecule has 0 spiro atoms. The monoisotopic (exact) mass is 466 g/mol. The molecular weight excluding hydrogens is 453 g/mol. The van der Waals surface area contributed by atoms with Gasteiger partial charge in [-0.15, -0.1) is 24.5 Å². The number of H-pyrrole nitrogens is 1. The van der Waals surface area contributed by atoms with E-state index < -0.39 is 11.9 Å². The van der Waals surface area contributed by atoms with Gasteiger partial charge in [0.2, 0.25) is 0 Å². The van der Waals surface area contributed by atoms with Crippen LogP contribution in [0.3, 0.4) is 0 Å². The van der Waals surface area contributed by atoms with E-state index in [2.05, 4.69) is 15.3 Å². The molecular formula is C22H13F3N6OS. The molecule has 3 aromatic heterocycles. The Balaban J connectivity index is 1.85. The molecule has 0 aliphatic heterocycles. The van der Waals surface area contributed by atoms with Crippen LogP contribution in [-0.4, -0.2) is 20.0 Å². The van der Waals surface area contributed by atoms with E-state index in [0.29, 0.717) is 32.1 Å². The van der Waals surface area contributed by atoms with Crippen LogP contribution in [0.5, 0.6) is 0 Å². The summed E-state index contributed by atoms with van der Waals surface area (Å²) in [5.41, 5.74) is 6.15. The lowest BCUT2D eigenvalue weighted by molar-refractivity contribution is -0.210. The third-order valence-corrected chi connectivity index (χ3v) is 6.48. The molecule has 0 bridgehead atoms. The van der Waals surface area contributed by atoms with E-state index in [0.717, 1.165) is 17.5 Å². The summed E-state index contributed by atoms with van der Waals surface area (Å²) in [6, 6.07) is 13.6. The van der Waals surface area contributed by atoms with Crippen molar-refractivity contribution in [2.24, 2.45) is 5.73 Å². The average Bonchev–Trinajstić information content (AvgIpc) is 3.40. The maximum Gasteiger partial charge on any atom is 0.505 e. The number of benzene rings is 2. The lowest BCUT2D eigenvalue weighted by Gasteiger charge is -2.12. The number of nitrogens with two attached hydrogens (primary N) is 1. The molecule has 2 aromatic carbocycles. The van der Waals surface area contributed by atoms with Gasteiger partial charge in [0.25, 0.3) is 5.56 Å². The largest absolute Gasteiger partial charge is 0.505 e. The molecule has 5 rings (SSSR count). The zero-order valence-electron chi connectivity index (χ0n) is 16.6. The summed E-state index contributed by atoms with van der Waals surface area (Å²) < 4.78 is 42.4. The van der Waals surface area contributed by atoms with Crippen LogP contribution in [0.25, 0.3) is 42.6 Å². The van der Waals surface area contributed by atoms with Crippen molar-refractivity contribution >= 4 is 32.2 Å². The predicted octanol–water partition coefficient (Wildman–Crippen LogP) is 4.47. The second kappa shape index (κ2) is 7.54. The summed E-state index contributed by atoms with van der Waals surface area (Å²) in [7, 11) is 0. The molecule has 0 saturated heterocycles. The molecule has 11 heteroatoms. The summed E-state index contributed by atoms with van der Waals surface area (Å²) in [6.45, 7) is 0.0281. The van der Waals surface area contributed by atoms with Gasteiger partial charge < -0.3 is 5.73 Å². The van der Waals surface area contributed by atoms with E-state index >= 15 is 0 Å². The van der Waals surface area contributed by atoms with Gasteiger partial charge in [-0.25, -0.2) is 5.10 Å². The van der Waals surface area contributed by atoms with Gasteiger partial charge in [-0.05, 0) is 23.8 Å². The van der Waals surface area contributed by atoms with E-state index in [9.17, 15) is 23.2 Å². The first kappa shape index (κ1) is 20.9. The molecule has 3 heterocycles. The molecule has 0 atom stereocenters. The summed E-state index contributed by atoms with van der Waals surface area (Å²) in [4.78, 5) is 12.3. The van der Waals surface area contributed by atoms with Gasteiger partial charge in [0.15, 0.2) is 0 Å². The first-order valence-corrected chi connectivity index (χ1v) is 10.4. The van der Waals surface area contributed by atoms with Crippen molar-refractivity contribution in [3.8, 4) is 27.8 Å². The number of fused-ring (bicyclic) bond motifs is 2. The molecule has 0 aliphatic rings. The Morgan fingerprint density at radius 2 is 1.94 bits per heavy atom. The zero-order chi connectivity index (χ0) is 23.3. The molecule has 0 unspecified atom stereocenters. The smallest absolute Gasteiger partial charge is 0.325 e. The van der Waals surface area contributed by atoms with E-state index in [1.165, 1.54) is 6.07 Å². The molecule has 0 fully saturated rings. The van der Waals surface area contributed by atoms with Crippen molar-refractivity contribution in [2.75, 3.05) is 0 Å². The quantitative estimate of drug-likeness (QED) is 0.407. The fourth-order valence-electron chi connectivity index (χ4n) is 3.84. The van der Waals surface area contributed by atoms with Crippen LogP contribution >= 0.6 is 11.3 Å². The Morgan fingerprint density at radius 1 is 1.15 bits per heavy atom. The number of alkyl halides is 3. The zero-order valence-corrected chi connectivity index (χ0v) is 17.5. The van der Waals surface area contributed by atoms with Gasteiger partial charge in [0, 0.05) is 27.6 Å². The third kappa shape index (κ3) is 3.27. The van der Waals surface area contributed by atoms with Crippen LogP contribution in [-0.2, 0) is 12.8 Å². The van der Waals surface area contributed by atoms with Crippen LogP contribution in [0.4, 0.5) is 13.2 Å². The van der Waals surface area contributed by atoms with Gasteiger partial charge in [-0.3, -0.25) is 4.79 Å². The van der Waals surface area contributed by atoms with E-state index in [-0.39, 0.29) is 32.9 Å². The van der Waals surface area contributed by atoms with Gasteiger partial charge in [0.1, 0.15) is 6.07 Å². The van der Waals surface area contributed by atoms with Crippen molar-refractivity contribution in [1.29, 1.82) is 5.26 Å². The highest BCUT2D eigenvalue weighted by molar-refractivity contribution is 7.22. The normalized spacial score (nSPS) is 11.8. The van der Waals surface area contributed by atoms with Crippen molar-refractivity contribution in [3.63, 3.8) is 0 Å². The Bertz CT molecular complexity index is 1640. The Hall–Kier alpha value is -4.01. The number of hydrogen-bond donors (Lipinski definition) is 2. The molecule has 5 aromatic rings. The lowest BCUT2D eigenvalue weighted by Crippen LogP contribution is -2.19. The Morgan fingerprint density at radius 3 is 2.67 bits per heavy atom. The maximum atomic E-state index is 13.9. The summed E-state index contributed by atoms with van der Waals surface area (Å²) >= 11 is 1.09. The number of aromatic nitrogens is 4. The molecule has 0 amide bonds. The number of nitrogens with one attached hydrogen (secondary N) is 1. The molecule has 164 valence electrons. The number of rotatable bonds is 3. The van der Waals surface area contributed by atoms with Gasteiger partial charge in [-0.2, -0.15) is 20.1 Å². The van der Waals surface area contributed by atoms with E-state index in [1.807, 2.05) is 6.07 Å². The van der Waals surface area contributed by atoms with Crippen LogP contribution < -0.4 is 11.3 Å². The number of hydrogen-bond acceptors (Lipinski definition) is 6. The molecule has 0 radical (unpaired) electrons. The molecule has 0 saturated carbocycles. The summed E-state index contributed by atoms with van der Waals surface area (Å²) in [5.74, 6) is 0. The number of aromatic amines is 1. The molecule has 0 aliphatic carbocycles. The van der Waals surface area contributed by atoms with E-state index in [1.54, 1.807) is 36.4 Å². The summed E-state index contributed by atoms with van der Waals surface area (Å²) in [6.07, 6.45) is -3.70. The maximum absolute atomic E-state index is 13.9. The van der Waals surface area contributed by atoms with Crippen LogP contribution in [0.2, 0.25) is 0 Å². The van der Waals surface area contributed by atoms with Crippen molar-refractivity contribution in [1.82, 2.24) is 20.0 Å². The minimum Gasteiger partial charge on any atom is -0.325 e. The second-order valence-corrected chi connectivity index (χ2v) is 8.22. The van der Waals surface area contributed by atoms with Crippen LogP contribution in [0, 0.1) is 11.3 Å². The minimum atomic E-state index is -4.81. The van der Waals surface area contributed by atoms with Gasteiger partial charge in [0.05, 0.1) is 33.4 Å². The fourth-order valence-corrected chi connectivity index (χ4v) is 5.03. The van der Waals surface area contributed by atoms with Crippen LogP contribution in [0.1, 0.15) is 11.3 Å². The Labute approximate surface area is 187 Å². The van der Waals surface area contributed by atoms with E-state index in [4.69, 9.17) is 5.73 Å². The highest BCUT2D eigenvalue weighted by atomic mass is 32.1. The number of thiophene rings is 1. The standard InChI is InChI=1S/C22H13F3N6OS/c23-22(24,25)31-19(20-15(8-26)12-3-1-2-4-18(12)33-20)16(10-28-31)11-5-6-13-14(7-11)17(9-27)29-30-21(13)32/h1-7,10H,9,27H2,(H,30,32). The minimum absolute atomic E-state index is 0.0281. The topological polar surface area (TPSA) is 113 Å².